The molecule has 0 aromatic heterocycles. The molecule has 4 heteroatoms. The van der Waals surface area contributed by atoms with Crippen molar-refractivity contribution in [2.24, 2.45) is 5.73 Å². The minimum absolute atomic E-state index is 0.0418. The highest BCUT2D eigenvalue weighted by atomic mass is 32.2. The molecular weight excluding hydrogens is 276 g/mol. The van der Waals surface area contributed by atoms with Gasteiger partial charge in [-0.2, -0.15) is 0 Å². The molecule has 0 radical (unpaired) electrons. The van der Waals surface area contributed by atoms with Gasteiger partial charge in [-0.1, -0.05) is 42.5 Å². The van der Waals surface area contributed by atoms with Gasteiger partial charge in [0.05, 0.1) is 5.75 Å². The predicted octanol–water partition coefficient (Wildman–Crippen LogP) is 4.59. The van der Waals surface area contributed by atoms with Crippen LogP contribution in [0.5, 0.6) is 0 Å². The third kappa shape index (κ3) is 3.81. The predicted molar refractivity (Wildman–Crippen MR) is 80.1 cm³/mol. The maximum Gasteiger partial charge on any atom is 0.282 e. The van der Waals surface area contributed by atoms with Crippen LogP contribution < -0.4 is 5.73 Å². The van der Waals surface area contributed by atoms with Gasteiger partial charge in [0, 0.05) is 16.5 Å². The van der Waals surface area contributed by atoms with Gasteiger partial charge in [0.15, 0.2) is 0 Å². The Morgan fingerprint density at radius 1 is 1.05 bits per heavy atom. The minimum atomic E-state index is -2.83. The Bertz CT molecular complexity index is 538. The maximum atomic E-state index is 14.0. The molecule has 0 spiro atoms. The number of hydrogen-bond donors (Lipinski definition) is 1. The van der Waals surface area contributed by atoms with Crippen LogP contribution in [0.25, 0.3) is 0 Å². The summed E-state index contributed by atoms with van der Waals surface area (Å²) < 4.78 is 28.0. The van der Waals surface area contributed by atoms with Crippen LogP contribution in [0.1, 0.15) is 24.1 Å². The lowest BCUT2D eigenvalue weighted by Crippen LogP contribution is -2.16. The summed E-state index contributed by atoms with van der Waals surface area (Å²) in [6.07, 6.45) is 0. The molecule has 2 aromatic carbocycles. The van der Waals surface area contributed by atoms with Crippen molar-refractivity contribution in [3.63, 3.8) is 0 Å². The van der Waals surface area contributed by atoms with Crippen molar-refractivity contribution in [3.8, 4) is 0 Å². The first kappa shape index (κ1) is 15.0. The molecular formula is C16H17F2NS. The number of nitrogens with two attached hydrogens (primary N) is 1. The Kier molecular flexibility index (Phi) is 4.78. The summed E-state index contributed by atoms with van der Waals surface area (Å²) in [4.78, 5) is 0.824. The molecule has 1 atom stereocenters. The van der Waals surface area contributed by atoms with Crippen molar-refractivity contribution in [1.29, 1.82) is 0 Å². The van der Waals surface area contributed by atoms with Gasteiger partial charge in [0.1, 0.15) is 0 Å². The van der Waals surface area contributed by atoms with E-state index in [-0.39, 0.29) is 17.4 Å². The van der Waals surface area contributed by atoms with Crippen LogP contribution in [-0.2, 0) is 5.92 Å². The van der Waals surface area contributed by atoms with Crippen molar-refractivity contribution in [2.75, 3.05) is 5.75 Å². The second kappa shape index (κ2) is 6.37. The summed E-state index contributed by atoms with van der Waals surface area (Å²) in [7, 11) is 0. The number of hydrogen-bond acceptors (Lipinski definition) is 2. The second-order valence-electron chi connectivity index (χ2n) is 4.72. The van der Waals surface area contributed by atoms with E-state index in [4.69, 9.17) is 5.73 Å². The topological polar surface area (TPSA) is 26.0 Å². The first-order valence-corrected chi connectivity index (χ1v) is 7.39. The third-order valence-corrected chi connectivity index (χ3v) is 4.13. The fraction of sp³-hybridized carbons (Fsp3) is 0.250. The van der Waals surface area contributed by atoms with Gasteiger partial charge < -0.3 is 5.73 Å². The van der Waals surface area contributed by atoms with E-state index in [1.54, 1.807) is 18.2 Å². The van der Waals surface area contributed by atoms with E-state index in [2.05, 4.69) is 0 Å². The first-order chi connectivity index (χ1) is 9.49. The average molecular weight is 293 g/mol. The lowest BCUT2D eigenvalue weighted by atomic mass is 10.1. The highest BCUT2D eigenvalue weighted by Gasteiger charge is 2.31. The molecule has 0 fully saturated rings. The van der Waals surface area contributed by atoms with Crippen LogP contribution in [0, 0.1) is 0 Å². The van der Waals surface area contributed by atoms with E-state index in [0.717, 1.165) is 22.2 Å². The number of alkyl halides is 2. The summed E-state index contributed by atoms with van der Waals surface area (Å²) in [5.41, 5.74) is 6.82. The Hall–Kier alpha value is -1.39. The Labute approximate surface area is 122 Å². The molecule has 2 aromatic rings. The molecule has 2 rings (SSSR count). The number of benzene rings is 2. The zero-order valence-electron chi connectivity index (χ0n) is 11.2. The zero-order valence-corrected chi connectivity index (χ0v) is 12.0. The Balaban J connectivity index is 2.01. The summed E-state index contributed by atoms with van der Waals surface area (Å²) in [5, 5.41) is 0. The summed E-state index contributed by atoms with van der Waals surface area (Å²) >= 11 is 1.15. The van der Waals surface area contributed by atoms with E-state index in [0.29, 0.717) is 0 Å². The molecule has 0 amide bonds. The van der Waals surface area contributed by atoms with Gasteiger partial charge >= 0.3 is 0 Å². The Morgan fingerprint density at radius 3 is 2.20 bits per heavy atom. The Morgan fingerprint density at radius 2 is 1.65 bits per heavy atom. The quantitative estimate of drug-likeness (QED) is 0.816. The fourth-order valence-electron chi connectivity index (χ4n) is 1.81. The molecule has 106 valence electrons. The van der Waals surface area contributed by atoms with Crippen LogP contribution >= 0.6 is 11.8 Å². The number of rotatable bonds is 5. The van der Waals surface area contributed by atoms with Crippen LogP contribution in [-0.4, -0.2) is 5.75 Å². The normalized spacial score (nSPS) is 13.2. The molecule has 0 aliphatic carbocycles. The van der Waals surface area contributed by atoms with Crippen molar-refractivity contribution in [3.05, 3.63) is 65.7 Å². The van der Waals surface area contributed by atoms with Crippen LogP contribution in [0.15, 0.2) is 59.5 Å². The monoisotopic (exact) mass is 293 g/mol. The number of thioether (sulfide) groups is 1. The minimum Gasteiger partial charge on any atom is -0.324 e. The average Bonchev–Trinajstić information content (AvgIpc) is 2.46. The van der Waals surface area contributed by atoms with E-state index in [1.165, 1.54) is 12.1 Å². The molecule has 0 aliphatic rings. The summed E-state index contributed by atoms with van der Waals surface area (Å²) in [6.45, 7) is 1.89. The summed E-state index contributed by atoms with van der Waals surface area (Å²) in [5.74, 6) is -3.10. The molecule has 0 bridgehead atoms. The highest BCUT2D eigenvalue weighted by molar-refractivity contribution is 7.99. The molecule has 1 unspecified atom stereocenters. The number of halogens is 2. The van der Waals surface area contributed by atoms with Crippen molar-refractivity contribution >= 4 is 11.8 Å². The van der Waals surface area contributed by atoms with E-state index in [9.17, 15) is 8.78 Å². The fourth-order valence-corrected chi connectivity index (χ4v) is 2.65. The first-order valence-electron chi connectivity index (χ1n) is 6.41. The zero-order chi connectivity index (χ0) is 14.6. The van der Waals surface area contributed by atoms with Crippen LogP contribution in [0.4, 0.5) is 8.78 Å². The lowest BCUT2D eigenvalue weighted by molar-refractivity contribution is 0.0232. The molecule has 1 nitrogen and oxygen atoms in total. The van der Waals surface area contributed by atoms with Gasteiger partial charge in [0.2, 0.25) is 0 Å². The van der Waals surface area contributed by atoms with Crippen LogP contribution in [0.3, 0.4) is 0 Å². The molecule has 0 saturated carbocycles. The molecule has 0 aliphatic heterocycles. The van der Waals surface area contributed by atoms with Crippen LogP contribution in [0.2, 0.25) is 0 Å². The van der Waals surface area contributed by atoms with Crippen molar-refractivity contribution < 1.29 is 8.78 Å². The van der Waals surface area contributed by atoms with Gasteiger partial charge in [-0.05, 0) is 24.6 Å². The lowest BCUT2D eigenvalue weighted by Gasteiger charge is -2.16. The molecule has 0 heterocycles. The molecule has 0 saturated heterocycles. The third-order valence-electron chi connectivity index (χ3n) is 3.02. The highest BCUT2D eigenvalue weighted by Crippen LogP contribution is 2.34. The smallest absolute Gasteiger partial charge is 0.282 e. The second-order valence-corrected chi connectivity index (χ2v) is 5.77. The van der Waals surface area contributed by atoms with Crippen molar-refractivity contribution in [1.82, 2.24) is 0 Å². The summed E-state index contributed by atoms with van der Waals surface area (Å²) in [6, 6.07) is 15.3. The largest absolute Gasteiger partial charge is 0.324 e. The van der Waals surface area contributed by atoms with Gasteiger partial charge in [-0.15, -0.1) is 11.8 Å². The SMILES string of the molecule is CC(N)c1ccc(SCC(F)(F)c2ccccc2)cc1. The van der Waals surface area contributed by atoms with E-state index >= 15 is 0 Å². The van der Waals surface area contributed by atoms with Gasteiger partial charge in [0.25, 0.3) is 5.92 Å². The molecule has 20 heavy (non-hydrogen) atoms. The van der Waals surface area contributed by atoms with Crippen molar-refractivity contribution in [2.45, 2.75) is 23.8 Å². The van der Waals surface area contributed by atoms with E-state index < -0.39 is 5.92 Å². The van der Waals surface area contributed by atoms with Gasteiger partial charge in [-0.3, -0.25) is 0 Å². The van der Waals surface area contributed by atoms with E-state index in [1.807, 2.05) is 31.2 Å². The van der Waals surface area contributed by atoms with Gasteiger partial charge in [-0.25, -0.2) is 8.78 Å². The molecule has 2 N–H and O–H groups in total. The maximum absolute atomic E-state index is 14.0. The standard InChI is InChI=1S/C16H17F2NS/c1-12(19)13-7-9-15(10-8-13)20-11-16(17,18)14-5-3-2-4-6-14/h2-10,12H,11,19H2,1H3.